The minimum Gasteiger partial charge on any atom is -0.368 e. The summed E-state index contributed by atoms with van der Waals surface area (Å²) in [5.74, 6) is 4.84. The van der Waals surface area contributed by atoms with Gasteiger partial charge in [-0.1, -0.05) is 23.2 Å². The number of carbonyl (C=O) groups excluding carboxylic acids is 1. The molecule has 0 bridgehead atoms. The average Bonchev–Trinajstić information content (AvgIpc) is 2.89. The first-order chi connectivity index (χ1) is 10.5. The number of anilines is 1. The van der Waals surface area contributed by atoms with Crippen LogP contribution in [-0.2, 0) is 0 Å². The number of halogens is 2. The topological polar surface area (TPSA) is 107 Å². The number of carbonyl (C=O) groups is 1. The van der Waals surface area contributed by atoms with E-state index in [2.05, 4.69) is 15.4 Å². The normalized spacial score (nSPS) is 10.9. The molecule has 0 aliphatic carbocycles. The molecule has 0 saturated carbocycles. The van der Waals surface area contributed by atoms with Crippen LogP contribution in [0.5, 0.6) is 0 Å². The van der Waals surface area contributed by atoms with Crippen LogP contribution in [0.4, 0.5) is 5.95 Å². The third-order valence-electron chi connectivity index (χ3n) is 2.95. The van der Waals surface area contributed by atoms with E-state index in [0.29, 0.717) is 36.4 Å². The number of aromatic nitrogens is 2. The van der Waals surface area contributed by atoms with Crippen molar-refractivity contribution in [2.75, 3.05) is 5.73 Å². The van der Waals surface area contributed by atoms with Crippen LogP contribution in [-0.4, -0.2) is 15.9 Å². The fraction of sp³-hybridized carbons (Fsp3) is 0. The highest BCUT2D eigenvalue weighted by atomic mass is 35.5. The molecule has 0 aliphatic heterocycles. The summed E-state index contributed by atoms with van der Waals surface area (Å²) in [7, 11) is 0. The Hall–Kier alpha value is -1.93. The highest BCUT2D eigenvalue weighted by Crippen LogP contribution is 2.36. The lowest BCUT2D eigenvalue weighted by atomic mass is 10.1. The van der Waals surface area contributed by atoms with E-state index in [-0.39, 0.29) is 5.95 Å². The average molecular weight is 354 g/mol. The number of nitrogens with two attached hydrogens (primary N) is 2. The lowest BCUT2D eigenvalue weighted by Gasteiger charge is -2.06. The molecule has 112 valence electrons. The highest BCUT2D eigenvalue weighted by Gasteiger charge is 2.17. The molecule has 0 atom stereocenters. The summed E-state index contributed by atoms with van der Waals surface area (Å²) in [6.07, 6.45) is 0. The second kappa shape index (κ2) is 5.69. The number of fused-ring (bicyclic) bond motifs is 1. The number of hydrogen-bond acceptors (Lipinski definition) is 6. The van der Waals surface area contributed by atoms with Crippen molar-refractivity contribution in [1.29, 1.82) is 0 Å². The third kappa shape index (κ3) is 2.59. The molecular weight excluding hydrogens is 345 g/mol. The summed E-state index contributed by atoms with van der Waals surface area (Å²) in [6.45, 7) is 0. The zero-order chi connectivity index (χ0) is 15.9. The van der Waals surface area contributed by atoms with Gasteiger partial charge < -0.3 is 5.73 Å². The van der Waals surface area contributed by atoms with Crippen molar-refractivity contribution < 1.29 is 4.79 Å². The van der Waals surface area contributed by atoms with E-state index >= 15 is 0 Å². The first kappa shape index (κ1) is 15.0. The van der Waals surface area contributed by atoms with Crippen molar-refractivity contribution in [1.82, 2.24) is 15.4 Å². The monoisotopic (exact) mass is 353 g/mol. The number of nitrogen functional groups attached to an aromatic ring is 2. The maximum absolute atomic E-state index is 11.7. The third-order valence-corrected chi connectivity index (χ3v) is 4.53. The van der Waals surface area contributed by atoms with E-state index in [0.717, 1.165) is 0 Å². The first-order valence-corrected chi connectivity index (χ1v) is 7.60. The molecule has 0 radical (unpaired) electrons. The number of hydrazine groups is 1. The number of benzene rings is 1. The van der Waals surface area contributed by atoms with Crippen molar-refractivity contribution in [2.45, 2.75) is 0 Å². The van der Waals surface area contributed by atoms with Gasteiger partial charge in [0.2, 0.25) is 5.95 Å². The molecule has 0 aliphatic rings. The van der Waals surface area contributed by atoms with Crippen molar-refractivity contribution in [3.63, 3.8) is 0 Å². The number of nitrogens with one attached hydrogen (secondary N) is 1. The van der Waals surface area contributed by atoms with Gasteiger partial charge in [0.25, 0.3) is 5.91 Å². The number of thiophene rings is 1. The van der Waals surface area contributed by atoms with E-state index in [1.165, 1.54) is 11.3 Å². The molecule has 0 spiro atoms. The van der Waals surface area contributed by atoms with Crippen LogP contribution in [0.25, 0.3) is 21.5 Å². The molecule has 1 amide bonds. The molecule has 2 aromatic heterocycles. The van der Waals surface area contributed by atoms with E-state index < -0.39 is 5.91 Å². The van der Waals surface area contributed by atoms with Gasteiger partial charge in [0, 0.05) is 16.0 Å². The molecule has 6 nitrogen and oxygen atoms in total. The van der Waals surface area contributed by atoms with Crippen molar-refractivity contribution >= 4 is 56.6 Å². The number of amides is 1. The summed E-state index contributed by atoms with van der Waals surface area (Å²) in [6, 6.07) is 6.71. The van der Waals surface area contributed by atoms with Crippen molar-refractivity contribution in [2.24, 2.45) is 5.84 Å². The van der Waals surface area contributed by atoms with Gasteiger partial charge in [-0.3, -0.25) is 10.2 Å². The van der Waals surface area contributed by atoms with Crippen LogP contribution in [0.3, 0.4) is 0 Å². The van der Waals surface area contributed by atoms with E-state index in [1.54, 1.807) is 24.3 Å². The molecule has 1 aromatic carbocycles. The summed E-state index contributed by atoms with van der Waals surface area (Å²) in [5, 5.41) is 1.62. The van der Waals surface area contributed by atoms with Crippen LogP contribution in [0.1, 0.15) is 9.67 Å². The number of nitrogens with zero attached hydrogens (tertiary/aromatic N) is 2. The predicted molar refractivity (Wildman–Crippen MR) is 88.9 cm³/mol. The SMILES string of the molecule is NNC(=O)c1cc2c(-c3ccc(Cl)cc3Cl)nc(N)nc2s1. The lowest BCUT2D eigenvalue weighted by Crippen LogP contribution is -2.29. The minimum absolute atomic E-state index is 0.0927. The van der Waals surface area contributed by atoms with Gasteiger partial charge in [-0.2, -0.15) is 0 Å². The molecule has 22 heavy (non-hydrogen) atoms. The molecule has 0 saturated heterocycles. The van der Waals surface area contributed by atoms with E-state index in [1.807, 2.05) is 0 Å². The maximum atomic E-state index is 11.7. The maximum Gasteiger partial charge on any atom is 0.275 e. The van der Waals surface area contributed by atoms with Gasteiger partial charge in [0.15, 0.2) is 0 Å². The van der Waals surface area contributed by atoms with Crippen LogP contribution < -0.4 is 17.0 Å². The second-order valence-corrected chi connectivity index (χ2v) is 6.23. The second-order valence-electron chi connectivity index (χ2n) is 4.36. The quantitative estimate of drug-likeness (QED) is 0.373. The Kier molecular flexibility index (Phi) is 3.88. The largest absolute Gasteiger partial charge is 0.368 e. The molecule has 5 N–H and O–H groups in total. The van der Waals surface area contributed by atoms with Gasteiger partial charge in [0.1, 0.15) is 4.83 Å². The van der Waals surface area contributed by atoms with Gasteiger partial charge in [0.05, 0.1) is 15.6 Å². The number of hydrogen-bond donors (Lipinski definition) is 3. The van der Waals surface area contributed by atoms with Gasteiger partial charge in [-0.15, -0.1) is 11.3 Å². The fourth-order valence-corrected chi connectivity index (χ4v) is 3.45. The standard InChI is InChI=1S/C13H9Cl2N5OS/c14-5-1-2-6(8(15)3-5)10-7-4-9(11(21)20-17)22-12(7)19-13(16)18-10/h1-4H,17H2,(H,20,21)(H2,16,18,19). The molecule has 3 aromatic rings. The minimum atomic E-state index is -0.408. The first-order valence-electron chi connectivity index (χ1n) is 6.03. The Bertz CT molecular complexity index is 896. The van der Waals surface area contributed by atoms with Gasteiger partial charge >= 0.3 is 0 Å². The summed E-state index contributed by atoms with van der Waals surface area (Å²) in [5.41, 5.74) is 9.03. The van der Waals surface area contributed by atoms with Crippen LogP contribution in [0.15, 0.2) is 24.3 Å². The Balaban J connectivity index is 2.28. The molecule has 9 heteroatoms. The number of rotatable bonds is 2. The molecule has 2 heterocycles. The van der Waals surface area contributed by atoms with Crippen molar-refractivity contribution in [3.05, 3.63) is 39.2 Å². The predicted octanol–water partition coefficient (Wildman–Crippen LogP) is 2.85. The lowest BCUT2D eigenvalue weighted by molar-refractivity contribution is 0.0958. The van der Waals surface area contributed by atoms with E-state index in [4.69, 9.17) is 34.8 Å². The highest BCUT2D eigenvalue weighted by molar-refractivity contribution is 7.20. The summed E-state index contributed by atoms with van der Waals surface area (Å²) < 4.78 is 0. The zero-order valence-electron chi connectivity index (χ0n) is 10.9. The van der Waals surface area contributed by atoms with Gasteiger partial charge in [-0.25, -0.2) is 15.8 Å². The molecule has 0 unspecified atom stereocenters. The smallest absolute Gasteiger partial charge is 0.275 e. The van der Waals surface area contributed by atoms with Crippen LogP contribution in [0.2, 0.25) is 10.0 Å². The Morgan fingerprint density at radius 1 is 1.23 bits per heavy atom. The van der Waals surface area contributed by atoms with Crippen LogP contribution in [0, 0.1) is 0 Å². The molecule has 0 fully saturated rings. The van der Waals surface area contributed by atoms with Gasteiger partial charge in [-0.05, 0) is 24.3 Å². The summed E-state index contributed by atoms with van der Waals surface area (Å²) in [4.78, 5) is 21.0. The summed E-state index contributed by atoms with van der Waals surface area (Å²) >= 11 is 13.3. The fourth-order valence-electron chi connectivity index (χ4n) is 2.01. The van der Waals surface area contributed by atoms with Crippen LogP contribution >= 0.6 is 34.5 Å². The zero-order valence-corrected chi connectivity index (χ0v) is 13.3. The Morgan fingerprint density at radius 3 is 2.68 bits per heavy atom. The Morgan fingerprint density at radius 2 is 2.00 bits per heavy atom. The Labute approximate surface area is 139 Å². The molecular formula is C13H9Cl2N5OS. The van der Waals surface area contributed by atoms with Crippen molar-refractivity contribution in [3.8, 4) is 11.3 Å². The van der Waals surface area contributed by atoms with E-state index in [9.17, 15) is 4.79 Å². The molecule has 3 rings (SSSR count).